The maximum atomic E-state index is 10.7. The van der Waals surface area contributed by atoms with Crippen molar-refractivity contribution < 1.29 is 69.4 Å². The Hall–Kier alpha value is -0.761. The van der Waals surface area contributed by atoms with Crippen molar-refractivity contribution in [1.29, 1.82) is 0 Å². The summed E-state index contributed by atoms with van der Waals surface area (Å²) >= 11 is 6.02. The van der Waals surface area contributed by atoms with Crippen LogP contribution in [0.5, 0.6) is 0 Å². The molecule has 1 aliphatic heterocycles. The fraction of sp³-hybridized carbons (Fsp3) is 0.688. The topological polar surface area (TPSA) is 137 Å². The number of aromatic nitrogens is 1. The van der Waals surface area contributed by atoms with E-state index in [1.165, 1.54) is 0 Å². The third-order valence-electron chi connectivity index (χ3n) is 4.19. The maximum absolute atomic E-state index is 10.7. The molecule has 10 nitrogen and oxygen atoms in total. The van der Waals surface area contributed by atoms with E-state index in [1.807, 2.05) is 12.1 Å². The predicted molar refractivity (Wildman–Crippen MR) is 111 cm³/mol. The van der Waals surface area contributed by atoms with Crippen molar-refractivity contribution in [1.82, 2.24) is 19.7 Å². The van der Waals surface area contributed by atoms with Gasteiger partial charge in [-0.1, -0.05) is 11.6 Å². The Morgan fingerprint density at radius 2 is 1.19 bits per heavy atom. The molecule has 0 N–H and O–H groups in total. The number of rotatable bonds is 2. The van der Waals surface area contributed by atoms with Crippen molar-refractivity contribution >= 4 is 31.8 Å². The first kappa shape index (κ1) is 37.4. The standard InChI is InChI=1S/C14H23ClN4.2CHF3O3S.Fe/c1-17-5-6-18(2)8-10-19(9-7-17)12-14-11-13(15)3-4-16-14;2*2-1(3,4)8(5,6)7;/h3-4,11H,5-10,12H2,1-2H3;2*(H,5,6,7);/q;;;+5/p-2. The second kappa shape index (κ2) is 15.6. The van der Waals surface area contributed by atoms with Gasteiger partial charge in [-0.05, 0) is 26.2 Å². The SMILES string of the molecule is CN1CCN(C)CCN(Cc2cc(Cl)ccn2)CC1.O=S(=O)([O-])C(F)(F)F.O=S(=O)([O-])C(F)(F)F.[Fe+5]. The van der Waals surface area contributed by atoms with Gasteiger partial charge in [-0.15, -0.1) is 0 Å². The fourth-order valence-electron chi connectivity index (χ4n) is 2.22. The quantitative estimate of drug-likeness (QED) is 0.203. The van der Waals surface area contributed by atoms with E-state index in [0.29, 0.717) is 0 Å². The van der Waals surface area contributed by atoms with Gasteiger partial charge in [0, 0.05) is 57.0 Å². The van der Waals surface area contributed by atoms with Crippen LogP contribution in [0, 0.1) is 0 Å². The summed E-state index contributed by atoms with van der Waals surface area (Å²) in [5.74, 6) is 0. The van der Waals surface area contributed by atoms with Gasteiger partial charge in [0.1, 0.15) is 0 Å². The summed E-state index contributed by atoms with van der Waals surface area (Å²) in [4.78, 5) is 11.6. The molecule has 0 aliphatic carbocycles. The Morgan fingerprint density at radius 1 is 0.861 bits per heavy atom. The molecule has 2 rings (SSSR count). The molecule has 1 fully saturated rings. The van der Waals surface area contributed by atoms with Crippen molar-refractivity contribution in [3.05, 3.63) is 29.0 Å². The zero-order valence-electron chi connectivity index (χ0n) is 18.7. The molecule has 0 aromatic carbocycles. The average molecular weight is 637 g/mol. The van der Waals surface area contributed by atoms with Crippen LogP contribution in [0.4, 0.5) is 26.3 Å². The van der Waals surface area contributed by atoms with Gasteiger partial charge in [-0.25, -0.2) is 16.8 Å². The molecule has 0 saturated carbocycles. The van der Waals surface area contributed by atoms with E-state index in [1.54, 1.807) is 6.20 Å². The first-order valence-electron chi connectivity index (χ1n) is 9.37. The largest absolute Gasteiger partial charge is 5.00 e. The number of halogens is 7. The van der Waals surface area contributed by atoms with Crippen LogP contribution in [0.1, 0.15) is 5.69 Å². The fourth-order valence-corrected chi connectivity index (χ4v) is 2.41. The first-order chi connectivity index (χ1) is 15.6. The van der Waals surface area contributed by atoms with Crippen LogP contribution < -0.4 is 0 Å². The van der Waals surface area contributed by atoms with E-state index >= 15 is 0 Å². The van der Waals surface area contributed by atoms with E-state index < -0.39 is 31.3 Å². The van der Waals surface area contributed by atoms with E-state index in [4.69, 9.17) is 37.5 Å². The minimum absolute atomic E-state index is 0. The van der Waals surface area contributed by atoms with Gasteiger partial charge in [-0.3, -0.25) is 9.88 Å². The van der Waals surface area contributed by atoms with Crippen LogP contribution in [-0.2, 0) is 43.8 Å². The molecule has 0 atom stereocenters. The Kier molecular flexibility index (Phi) is 16.2. The molecule has 1 aromatic heterocycles. The molecule has 0 amide bonds. The Morgan fingerprint density at radius 3 is 1.50 bits per heavy atom. The smallest absolute Gasteiger partial charge is 0.741 e. The van der Waals surface area contributed by atoms with Crippen molar-refractivity contribution in [3.63, 3.8) is 0 Å². The monoisotopic (exact) mass is 636 g/mol. The number of hydrogen-bond acceptors (Lipinski definition) is 10. The normalized spacial score (nSPS) is 17.2. The van der Waals surface area contributed by atoms with Crippen LogP contribution in [0.3, 0.4) is 0 Å². The van der Waals surface area contributed by atoms with Gasteiger partial charge < -0.3 is 18.9 Å². The van der Waals surface area contributed by atoms with E-state index in [2.05, 4.69) is 33.8 Å². The van der Waals surface area contributed by atoms with Crippen LogP contribution in [-0.4, -0.2) is 110 Å². The number of pyridine rings is 1. The number of likely N-dealkylation sites (N-methyl/N-ethyl adjacent to an activating group) is 2. The molecular formula is C16H23ClF6FeN4O6S2+3. The van der Waals surface area contributed by atoms with Crippen molar-refractivity contribution in [2.45, 2.75) is 17.6 Å². The van der Waals surface area contributed by atoms with Gasteiger partial charge in [0.15, 0.2) is 20.2 Å². The van der Waals surface area contributed by atoms with Gasteiger partial charge in [0.2, 0.25) is 0 Å². The molecule has 209 valence electrons. The second-order valence-corrected chi connectivity index (χ2v) is 10.3. The maximum Gasteiger partial charge on any atom is 5.00 e. The molecule has 0 unspecified atom stereocenters. The Bertz CT molecular complexity index is 946. The third kappa shape index (κ3) is 16.2. The van der Waals surface area contributed by atoms with Gasteiger partial charge in [0.25, 0.3) is 0 Å². The van der Waals surface area contributed by atoms with Crippen molar-refractivity contribution in [2.24, 2.45) is 0 Å². The second-order valence-electron chi connectivity index (χ2n) is 7.15. The average Bonchev–Trinajstić information content (AvgIpc) is 2.73. The molecule has 36 heavy (non-hydrogen) atoms. The Labute approximate surface area is 220 Å². The number of hydrogen-bond donors (Lipinski definition) is 0. The molecule has 0 spiro atoms. The molecule has 0 bridgehead atoms. The first-order valence-corrected chi connectivity index (χ1v) is 12.6. The van der Waals surface area contributed by atoms with Crippen molar-refractivity contribution in [2.75, 3.05) is 53.4 Å². The van der Waals surface area contributed by atoms with Crippen molar-refractivity contribution in [3.8, 4) is 0 Å². The summed E-state index contributed by atoms with van der Waals surface area (Å²) < 4.78 is 118. The summed E-state index contributed by atoms with van der Waals surface area (Å²) in [5, 5.41) is 0.767. The number of nitrogens with zero attached hydrogens (tertiary/aromatic N) is 4. The number of alkyl halides is 6. The summed E-state index contributed by atoms with van der Waals surface area (Å²) in [6.07, 6.45) is 1.78. The molecule has 1 saturated heterocycles. The van der Waals surface area contributed by atoms with Crippen LogP contribution >= 0.6 is 11.6 Å². The van der Waals surface area contributed by atoms with E-state index in [0.717, 1.165) is 56.5 Å². The van der Waals surface area contributed by atoms with Gasteiger partial charge in [0.05, 0.1) is 5.69 Å². The zero-order chi connectivity index (χ0) is 27.7. The van der Waals surface area contributed by atoms with Crippen LogP contribution in [0.25, 0.3) is 0 Å². The zero-order valence-corrected chi connectivity index (χ0v) is 22.2. The van der Waals surface area contributed by atoms with Gasteiger partial charge >= 0.3 is 28.1 Å². The predicted octanol–water partition coefficient (Wildman–Crippen LogP) is 1.51. The summed E-state index contributed by atoms with van der Waals surface area (Å²) in [6, 6.07) is 3.78. The van der Waals surface area contributed by atoms with Crippen LogP contribution in [0.15, 0.2) is 18.3 Å². The minimum Gasteiger partial charge on any atom is -0.741 e. The van der Waals surface area contributed by atoms with Gasteiger partial charge in [-0.2, -0.15) is 26.3 Å². The summed E-state index contributed by atoms with van der Waals surface area (Å²) in [5.41, 5.74) is -10.2. The van der Waals surface area contributed by atoms with Crippen LogP contribution in [0.2, 0.25) is 5.02 Å². The molecule has 2 heterocycles. The Balaban J connectivity index is 0. The summed E-state index contributed by atoms with van der Waals surface area (Å²) in [7, 11) is -7.80. The van der Waals surface area contributed by atoms with E-state index in [9.17, 15) is 26.3 Å². The summed E-state index contributed by atoms with van der Waals surface area (Å²) in [6.45, 7) is 7.53. The molecule has 20 heteroatoms. The van der Waals surface area contributed by atoms with E-state index in [-0.39, 0.29) is 17.1 Å². The molecule has 1 aromatic rings. The molecular weight excluding hydrogens is 614 g/mol. The molecule has 1 radical (unpaired) electrons. The molecule has 1 aliphatic rings. The minimum atomic E-state index is -6.09. The third-order valence-corrected chi connectivity index (χ3v) is 5.56.